The zero-order chi connectivity index (χ0) is 23.7. The van der Waals surface area contributed by atoms with E-state index >= 15 is 0 Å². The van der Waals surface area contributed by atoms with E-state index in [0.717, 1.165) is 17.8 Å². The van der Waals surface area contributed by atoms with Crippen molar-refractivity contribution in [3.05, 3.63) is 84.3 Å². The number of hydrogen-bond donors (Lipinski definition) is 2. The fourth-order valence-corrected chi connectivity index (χ4v) is 3.54. The Bertz CT molecular complexity index is 1350. The van der Waals surface area contributed by atoms with Crippen molar-refractivity contribution in [3.63, 3.8) is 0 Å². The standard InChI is InChI=1S/C24H18F2N6O2/c1-2-21(33)29-16-4-6-17(7-5-16)30-24-28-13-14-11-20(23-27-9-10-32(23)22(14)31-24)34-19-8-3-15(25)12-18(19)26/h2-8,11-13H,1,9-10H2,(H,29,33)(H,28,30,31). The maximum atomic E-state index is 14.1. The van der Waals surface area contributed by atoms with Crippen LogP contribution in [0.25, 0.3) is 6.08 Å². The molecule has 1 amide bonds. The summed E-state index contributed by atoms with van der Waals surface area (Å²) >= 11 is 0. The molecule has 34 heavy (non-hydrogen) atoms. The molecular formula is C24H18F2N6O2. The molecule has 5 rings (SSSR count). The van der Waals surface area contributed by atoms with Crippen LogP contribution < -0.4 is 20.3 Å². The van der Waals surface area contributed by atoms with Gasteiger partial charge in [0.15, 0.2) is 23.2 Å². The molecule has 0 atom stereocenters. The number of aliphatic imine (C=N–C) groups is 1. The number of aromatic nitrogens is 2. The zero-order valence-electron chi connectivity index (χ0n) is 17.8. The number of fused-ring (bicyclic) bond motifs is 3. The van der Waals surface area contributed by atoms with Crippen LogP contribution in [0, 0.1) is 11.6 Å². The highest BCUT2D eigenvalue weighted by atomic mass is 19.1. The van der Waals surface area contributed by atoms with Gasteiger partial charge < -0.3 is 20.3 Å². The van der Waals surface area contributed by atoms with Crippen molar-refractivity contribution >= 4 is 41.0 Å². The number of hydrogen-bond acceptors (Lipinski definition) is 7. The summed E-state index contributed by atoms with van der Waals surface area (Å²) in [5.74, 6) is -0.0242. The Balaban J connectivity index is 1.39. The van der Waals surface area contributed by atoms with Crippen LogP contribution in [-0.4, -0.2) is 34.8 Å². The highest BCUT2D eigenvalue weighted by Crippen LogP contribution is 2.33. The van der Waals surface area contributed by atoms with Gasteiger partial charge in [0.25, 0.3) is 0 Å². The number of amides is 1. The van der Waals surface area contributed by atoms with Crippen molar-refractivity contribution in [2.24, 2.45) is 4.99 Å². The van der Waals surface area contributed by atoms with Crippen LogP contribution in [0.2, 0.25) is 0 Å². The van der Waals surface area contributed by atoms with E-state index in [1.54, 1.807) is 36.5 Å². The third kappa shape index (κ3) is 4.20. The van der Waals surface area contributed by atoms with Crippen LogP contribution >= 0.6 is 0 Å². The van der Waals surface area contributed by atoms with Crippen LogP contribution in [0.3, 0.4) is 0 Å². The zero-order valence-corrected chi connectivity index (χ0v) is 17.8. The van der Waals surface area contributed by atoms with Gasteiger partial charge >= 0.3 is 0 Å². The molecule has 3 heterocycles. The minimum atomic E-state index is -0.803. The second-order valence-electron chi connectivity index (χ2n) is 7.41. The van der Waals surface area contributed by atoms with Gasteiger partial charge in [-0.15, -0.1) is 0 Å². The molecule has 3 aromatic rings. The molecule has 2 aliphatic rings. The summed E-state index contributed by atoms with van der Waals surface area (Å²) < 4.78 is 33.1. The lowest BCUT2D eigenvalue weighted by molar-refractivity contribution is -0.111. The monoisotopic (exact) mass is 460 g/mol. The first-order valence-electron chi connectivity index (χ1n) is 10.3. The number of carbonyl (C=O) groups is 1. The molecule has 0 saturated carbocycles. The van der Waals surface area contributed by atoms with E-state index in [1.807, 2.05) is 4.90 Å². The first kappa shape index (κ1) is 21.3. The maximum Gasteiger partial charge on any atom is 0.247 e. The number of nitrogens with zero attached hydrogens (tertiary/aromatic N) is 4. The third-order valence-electron chi connectivity index (χ3n) is 5.11. The SMILES string of the molecule is C=CC(=O)Nc1ccc(Nc2ncc3c(n2)N2CCN=C2C(Oc2ccc(F)cc2F)=C3)cc1. The summed E-state index contributed by atoms with van der Waals surface area (Å²) in [6, 6.07) is 10.2. The smallest absolute Gasteiger partial charge is 0.247 e. The highest BCUT2D eigenvalue weighted by molar-refractivity contribution is 6.15. The largest absolute Gasteiger partial charge is 0.450 e. The summed E-state index contributed by atoms with van der Waals surface area (Å²) in [6.07, 6.45) is 4.51. The summed E-state index contributed by atoms with van der Waals surface area (Å²) in [5, 5.41) is 5.81. The van der Waals surface area contributed by atoms with Crippen molar-refractivity contribution in [3.8, 4) is 5.75 Å². The van der Waals surface area contributed by atoms with Crippen LogP contribution in [0.5, 0.6) is 5.75 Å². The van der Waals surface area contributed by atoms with Gasteiger partial charge in [-0.3, -0.25) is 9.79 Å². The lowest BCUT2D eigenvalue weighted by atomic mass is 10.1. The molecule has 0 aliphatic carbocycles. The number of carbonyl (C=O) groups excluding carboxylic acids is 1. The summed E-state index contributed by atoms with van der Waals surface area (Å²) in [6.45, 7) is 4.52. The first-order valence-corrected chi connectivity index (χ1v) is 10.3. The van der Waals surface area contributed by atoms with Gasteiger partial charge in [-0.2, -0.15) is 4.98 Å². The Kier molecular flexibility index (Phi) is 5.46. The third-order valence-corrected chi connectivity index (χ3v) is 5.11. The Morgan fingerprint density at radius 2 is 1.94 bits per heavy atom. The number of halogens is 2. The van der Waals surface area contributed by atoms with Crippen molar-refractivity contribution in [1.29, 1.82) is 0 Å². The van der Waals surface area contributed by atoms with Gasteiger partial charge in [0.1, 0.15) is 11.6 Å². The summed E-state index contributed by atoms with van der Waals surface area (Å²) in [5.41, 5.74) is 2.04. The Morgan fingerprint density at radius 3 is 2.71 bits per heavy atom. The lowest BCUT2D eigenvalue weighted by Gasteiger charge is -2.27. The minimum absolute atomic E-state index is 0.0995. The Labute approximate surface area is 193 Å². The number of amidine groups is 1. The number of rotatable bonds is 6. The van der Waals surface area contributed by atoms with Crippen LogP contribution in [0.15, 0.2) is 72.1 Å². The molecule has 2 aromatic carbocycles. The van der Waals surface area contributed by atoms with Crippen molar-refractivity contribution in [2.45, 2.75) is 0 Å². The van der Waals surface area contributed by atoms with E-state index in [-0.39, 0.29) is 11.7 Å². The number of nitrogens with one attached hydrogen (secondary N) is 2. The normalized spacial score (nSPS) is 13.9. The molecule has 1 aromatic heterocycles. The molecule has 0 bridgehead atoms. The fraction of sp³-hybridized carbons (Fsp3) is 0.0833. The number of ether oxygens (including phenoxy) is 1. The van der Waals surface area contributed by atoms with Crippen molar-refractivity contribution in [2.75, 3.05) is 28.6 Å². The molecule has 0 unspecified atom stereocenters. The Hall–Kier alpha value is -4.60. The predicted molar refractivity (Wildman–Crippen MR) is 125 cm³/mol. The quantitative estimate of drug-likeness (QED) is 0.534. The Morgan fingerprint density at radius 1 is 1.15 bits per heavy atom. The van der Waals surface area contributed by atoms with E-state index in [2.05, 4.69) is 32.2 Å². The van der Waals surface area contributed by atoms with Gasteiger partial charge in [-0.25, -0.2) is 13.8 Å². The summed E-state index contributed by atoms with van der Waals surface area (Å²) in [4.78, 5) is 26.7. The van der Waals surface area contributed by atoms with Gasteiger partial charge in [-0.05, 0) is 48.6 Å². The van der Waals surface area contributed by atoms with Crippen molar-refractivity contribution < 1.29 is 18.3 Å². The van der Waals surface area contributed by atoms with E-state index in [1.165, 1.54) is 12.1 Å². The topological polar surface area (TPSA) is 91.7 Å². The fourth-order valence-electron chi connectivity index (χ4n) is 3.54. The van der Waals surface area contributed by atoms with Crippen LogP contribution in [-0.2, 0) is 4.79 Å². The molecule has 2 aliphatic heterocycles. The van der Waals surface area contributed by atoms with Crippen LogP contribution in [0.1, 0.15) is 5.56 Å². The molecule has 0 fully saturated rings. The van der Waals surface area contributed by atoms with Crippen molar-refractivity contribution in [1.82, 2.24) is 9.97 Å². The average molecular weight is 460 g/mol. The molecular weight excluding hydrogens is 442 g/mol. The van der Waals surface area contributed by atoms with Crippen LogP contribution in [0.4, 0.5) is 31.9 Å². The lowest BCUT2D eigenvalue weighted by Crippen LogP contribution is -2.34. The molecule has 8 nitrogen and oxygen atoms in total. The molecule has 0 spiro atoms. The van der Waals surface area contributed by atoms with E-state index in [9.17, 15) is 13.6 Å². The predicted octanol–water partition coefficient (Wildman–Crippen LogP) is 4.27. The molecule has 0 radical (unpaired) electrons. The maximum absolute atomic E-state index is 14.1. The van der Waals surface area contributed by atoms with E-state index in [4.69, 9.17) is 4.74 Å². The van der Waals surface area contributed by atoms with E-state index < -0.39 is 11.6 Å². The minimum Gasteiger partial charge on any atom is -0.450 e. The molecule has 2 N–H and O–H groups in total. The first-order chi connectivity index (χ1) is 16.5. The van der Waals surface area contributed by atoms with Gasteiger partial charge in [0.05, 0.1) is 6.54 Å². The average Bonchev–Trinajstić information content (AvgIpc) is 3.33. The second kappa shape index (κ2) is 8.74. The van der Waals surface area contributed by atoms with Gasteiger partial charge in [0.2, 0.25) is 11.9 Å². The van der Waals surface area contributed by atoms with Gasteiger partial charge in [0, 0.05) is 35.7 Å². The highest BCUT2D eigenvalue weighted by Gasteiger charge is 2.31. The van der Waals surface area contributed by atoms with Gasteiger partial charge in [-0.1, -0.05) is 6.58 Å². The van der Waals surface area contributed by atoms with E-state index in [0.29, 0.717) is 47.7 Å². The molecule has 10 heteroatoms. The molecule has 170 valence electrons. The second-order valence-corrected chi connectivity index (χ2v) is 7.41. The number of anilines is 4. The molecule has 0 saturated heterocycles. The summed E-state index contributed by atoms with van der Waals surface area (Å²) in [7, 11) is 0. The number of benzene rings is 2.